The average molecular weight is 285 g/mol. The number of rotatable bonds is 2. The molecule has 0 amide bonds. The van der Waals surface area contributed by atoms with E-state index in [0.717, 1.165) is 0 Å². The van der Waals surface area contributed by atoms with Crippen LogP contribution in [0.4, 0.5) is 4.39 Å². The van der Waals surface area contributed by atoms with Gasteiger partial charge >= 0.3 is 0 Å². The van der Waals surface area contributed by atoms with Crippen LogP contribution in [0.5, 0.6) is 0 Å². The van der Waals surface area contributed by atoms with E-state index in [9.17, 15) is 9.50 Å². The van der Waals surface area contributed by atoms with Crippen LogP contribution in [-0.2, 0) is 7.05 Å². The molecular formula is C11H10BrFN2O. The second-order valence-electron chi connectivity index (χ2n) is 3.49. The van der Waals surface area contributed by atoms with Crippen molar-refractivity contribution < 1.29 is 9.50 Å². The molecule has 2 rings (SSSR count). The van der Waals surface area contributed by atoms with Crippen molar-refractivity contribution in [3.05, 3.63) is 52.0 Å². The molecule has 3 nitrogen and oxygen atoms in total. The Balaban J connectivity index is 2.33. The van der Waals surface area contributed by atoms with Crippen LogP contribution in [0.15, 0.2) is 34.9 Å². The van der Waals surface area contributed by atoms with Gasteiger partial charge in [-0.3, -0.25) is 4.68 Å². The molecule has 1 aromatic heterocycles. The first-order chi connectivity index (χ1) is 7.58. The number of hydrogen-bond donors (Lipinski definition) is 1. The zero-order valence-electron chi connectivity index (χ0n) is 8.56. The third-order valence-corrected chi connectivity index (χ3v) is 2.92. The smallest absolute Gasteiger partial charge is 0.137 e. The zero-order valence-corrected chi connectivity index (χ0v) is 10.1. The van der Waals surface area contributed by atoms with Crippen molar-refractivity contribution in [3.8, 4) is 0 Å². The zero-order chi connectivity index (χ0) is 11.7. The van der Waals surface area contributed by atoms with Gasteiger partial charge in [0.1, 0.15) is 11.9 Å². The predicted molar refractivity (Wildman–Crippen MR) is 61.4 cm³/mol. The van der Waals surface area contributed by atoms with Crippen molar-refractivity contribution in [1.82, 2.24) is 9.78 Å². The molecule has 1 aromatic carbocycles. The van der Waals surface area contributed by atoms with Gasteiger partial charge in [-0.05, 0) is 39.7 Å². The Morgan fingerprint density at radius 1 is 1.44 bits per heavy atom. The minimum absolute atomic E-state index is 0.379. The lowest BCUT2D eigenvalue weighted by Crippen LogP contribution is -2.02. The molecule has 1 N–H and O–H groups in total. The van der Waals surface area contributed by atoms with Gasteiger partial charge < -0.3 is 5.11 Å². The van der Waals surface area contributed by atoms with E-state index in [1.807, 2.05) is 0 Å². The molecule has 0 saturated carbocycles. The van der Waals surface area contributed by atoms with E-state index in [2.05, 4.69) is 21.0 Å². The first-order valence-electron chi connectivity index (χ1n) is 4.70. The monoisotopic (exact) mass is 284 g/mol. The van der Waals surface area contributed by atoms with Crippen molar-refractivity contribution in [2.24, 2.45) is 7.05 Å². The Morgan fingerprint density at radius 2 is 2.19 bits per heavy atom. The Morgan fingerprint density at radius 3 is 2.75 bits per heavy atom. The van der Waals surface area contributed by atoms with Crippen molar-refractivity contribution in [3.63, 3.8) is 0 Å². The summed E-state index contributed by atoms with van der Waals surface area (Å²) in [6.07, 6.45) is 0.831. The molecule has 84 valence electrons. The highest BCUT2D eigenvalue weighted by Crippen LogP contribution is 2.24. The predicted octanol–water partition coefficient (Wildman–Crippen LogP) is 2.40. The molecule has 0 aliphatic carbocycles. The number of nitrogens with zero attached hydrogens (tertiary/aromatic N) is 2. The van der Waals surface area contributed by atoms with E-state index in [4.69, 9.17) is 0 Å². The molecule has 0 radical (unpaired) electrons. The molecule has 1 atom stereocenters. The normalized spacial score (nSPS) is 12.8. The molecule has 0 fully saturated rings. The molecule has 1 heterocycles. The molecule has 0 saturated heterocycles. The van der Waals surface area contributed by atoms with Gasteiger partial charge in [-0.2, -0.15) is 5.10 Å². The number of aromatic nitrogens is 2. The maximum atomic E-state index is 13.3. The number of aryl methyl sites for hydroxylation is 1. The highest BCUT2D eigenvalue weighted by atomic mass is 79.9. The number of hydrogen-bond acceptors (Lipinski definition) is 2. The second kappa shape index (κ2) is 4.35. The Bertz CT molecular complexity index is 512. The molecule has 5 heteroatoms. The fourth-order valence-corrected chi connectivity index (χ4v) is 1.68. The summed E-state index contributed by atoms with van der Waals surface area (Å²) in [5, 5.41) is 14.0. The number of halogens is 2. The van der Waals surface area contributed by atoms with Gasteiger partial charge in [0.2, 0.25) is 0 Å². The summed E-state index contributed by atoms with van der Waals surface area (Å²) >= 11 is 3.06. The average Bonchev–Trinajstić information content (AvgIpc) is 2.68. The van der Waals surface area contributed by atoms with Gasteiger partial charge in [-0.25, -0.2) is 4.39 Å². The Labute approximate surface area is 101 Å². The van der Waals surface area contributed by atoms with Gasteiger partial charge in [0.15, 0.2) is 0 Å². The lowest BCUT2D eigenvalue weighted by molar-refractivity contribution is 0.214. The molecule has 0 bridgehead atoms. The van der Waals surface area contributed by atoms with Crippen LogP contribution in [0.25, 0.3) is 0 Å². The van der Waals surface area contributed by atoms with Gasteiger partial charge in [0.05, 0.1) is 10.2 Å². The quantitative estimate of drug-likeness (QED) is 0.920. The largest absolute Gasteiger partial charge is 0.382 e. The molecular weight excluding hydrogens is 275 g/mol. The fraction of sp³-hybridized carbons (Fsp3) is 0.182. The third kappa shape index (κ3) is 2.15. The van der Waals surface area contributed by atoms with Crippen LogP contribution in [0.2, 0.25) is 0 Å². The number of benzene rings is 1. The summed E-state index contributed by atoms with van der Waals surface area (Å²) in [6.45, 7) is 0. The molecule has 2 aromatic rings. The third-order valence-electron chi connectivity index (χ3n) is 2.27. The van der Waals surface area contributed by atoms with E-state index >= 15 is 0 Å². The molecule has 16 heavy (non-hydrogen) atoms. The van der Waals surface area contributed by atoms with Crippen LogP contribution in [-0.4, -0.2) is 14.9 Å². The maximum Gasteiger partial charge on any atom is 0.137 e. The standard InChI is InChI=1S/C11H10BrFN2O/c1-15-5-4-10(14-15)11(16)7-2-3-8(12)9(13)6-7/h2-6,11,16H,1H3. The van der Waals surface area contributed by atoms with E-state index in [0.29, 0.717) is 15.7 Å². The summed E-state index contributed by atoms with van der Waals surface area (Å²) in [5.74, 6) is -0.396. The van der Waals surface area contributed by atoms with Crippen molar-refractivity contribution in [2.75, 3.05) is 0 Å². The van der Waals surface area contributed by atoms with E-state index < -0.39 is 11.9 Å². The van der Waals surface area contributed by atoms with Crippen LogP contribution in [0.1, 0.15) is 17.4 Å². The minimum atomic E-state index is -0.899. The summed E-state index contributed by atoms with van der Waals surface area (Å²) in [5.41, 5.74) is 0.989. The fourth-order valence-electron chi connectivity index (χ4n) is 1.43. The second-order valence-corrected chi connectivity index (χ2v) is 4.34. The Hall–Kier alpha value is -1.20. The van der Waals surface area contributed by atoms with Crippen LogP contribution in [0, 0.1) is 5.82 Å². The first-order valence-corrected chi connectivity index (χ1v) is 5.50. The topological polar surface area (TPSA) is 38.0 Å². The Kier molecular flexibility index (Phi) is 3.07. The van der Waals surface area contributed by atoms with Crippen molar-refractivity contribution in [1.29, 1.82) is 0 Å². The SMILES string of the molecule is Cn1ccc(C(O)c2ccc(Br)c(F)c2)n1. The molecule has 1 unspecified atom stereocenters. The van der Waals surface area contributed by atoms with Crippen molar-refractivity contribution in [2.45, 2.75) is 6.10 Å². The summed E-state index contributed by atoms with van der Waals surface area (Å²) in [7, 11) is 1.76. The van der Waals surface area contributed by atoms with Crippen LogP contribution in [0.3, 0.4) is 0 Å². The lowest BCUT2D eigenvalue weighted by Gasteiger charge is -2.08. The first kappa shape index (κ1) is 11.3. The van der Waals surface area contributed by atoms with Gasteiger partial charge in [-0.1, -0.05) is 6.07 Å². The molecule has 0 aliphatic rings. The summed E-state index contributed by atoms with van der Waals surface area (Å²) in [6, 6.07) is 6.22. The van der Waals surface area contributed by atoms with Gasteiger partial charge in [0.25, 0.3) is 0 Å². The number of aliphatic hydroxyl groups excluding tert-OH is 1. The number of aliphatic hydroxyl groups is 1. The van der Waals surface area contributed by atoms with E-state index in [1.54, 1.807) is 36.1 Å². The van der Waals surface area contributed by atoms with Crippen molar-refractivity contribution >= 4 is 15.9 Å². The lowest BCUT2D eigenvalue weighted by atomic mass is 10.1. The van der Waals surface area contributed by atoms with Gasteiger partial charge in [-0.15, -0.1) is 0 Å². The van der Waals surface area contributed by atoms with Crippen LogP contribution < -0.4 is 0 Å². The molecule has 0 aliphatic heterocycles. The summed E-state index contributed by atoms with van der Waals surface area (Å²) in [4.78, 5) is 0. The maximum absolute atomic E-state index is 13.3. The highest BCUT2D eigenvalue weighted by molar-refractivity contribution is 9.10. The van der Waals surface area contributed by atoms with Gasteiger partial charge in [0, 0.05) is 13.2 Å². The van der Waals surface area contributed by atoms with E-state index in [1.165, 1.54) is 6.07 Å². The minimum Gasteiger partial charge on any atom is -0.382 e. The highest BCUT2D eigenvalue weighted by Gasteiger charge is 2.14. The van der Waals surface area contributed by atoms with Crippen LogP contribution >= 0.6 is 15.9 Å². The van der Waals surface area contributed by atoms with E-state index in [-0.39, 0.29) is 0 Å². The summed E-state index contributed by atoms with van der Waals surface area (Å²) < 4.78 is 15.2. The molecule has 0 spiro atoms.